The predicted octanol–water partition coefficient (Wildman–Crippen LogP) is 1.70. The van der Waals surface area contributed by atoms with E-state index in [1.807, 2.05) is 13.8 Å². The first-order valence-electron chi connectivity index (χ1n) is 6.63. The second kappa shape index (κ2) is 8.19. The minimum atomic E-state index is -0.422. The summed E-state index contributed by atoms with van der Waals surface area (Å²) in [4.78, 5) is 23.0. The number of methoxy groups -OCH3 is 1. The molecule has 20 heavy (non-hydrogen) atoms. The zero-order valence-corrected chi connectivity index (χ0v) is 12.1. The average Bonchev–Trinajstić information content (AvgIpc) is 2.45. The number of esters is 1. The van der Waals surface area contributed by atoms with Crippen LogP contribution >= 0.6 is 0 Å². The summed E-state index contributed by atoms with van der Waals surface area (Å²) in [5.41, 5.74) is 0.818. The summed E-state index contributed by atoms with van der Waals surface area (Å²) in [6.07, 6.45) is 0.978. The van der Waals surface area contributed by atoms with Gasteiger partial charge in [0.05, 0.1) is 13.5 Å². The van der Waals surface area contributed by atoms with Gasteiger partial charge in [-0.05, 0) is 31.0 Å². The van der Waals surface area contributed by atoms with Gasteiger partial charge < -0.3 is 14.8 Å². The van der Waals surface area contributed by atoms with Crippen LogP contribution in [0.2, 0.25) is 0 Å². The van der Waals surface area contributed by atoms with Gasteiger partial charge in [0, 0.05) is 6.04 Å². The minimum Gasteiger partial charge on any atom is -0.497 e. The van der Waals surface area contributed by atoms with E-state index in [1.54, 1.807) is 31.4 Å². The van der Waals surface area contributed by atoms with Gasteiger partial charge >= 0.3 is 5.97 Å². The number of hydrogen-bond donors (Lipinski definition) is 1. The Morgan fingerprint density at radius 1 is 1.25 bits per heavy atom. The molecule has 0 radical (unpaired) electrons. The van der Waals surface area contributed by atoms with Crippen LogP contribution in [0, 0.1) is 0 Å². The molecule has 0 heterocycles. The molecule has 0 spiro atoms. The Labute approximate surface area is 119 Å². The van der Waals surface area contributed by atoms with Gasteiger partial charge in [0.25, 0.3) is 5.91 Å². The molecule has 1 unspecified atom stereocenters. The first-order chi connectivity index (χ1) is 9.55. The zero-order valence-electron chi connectivity index (χ0n) is 12.1. The highest BCUT2D eigenvalue weighted by Crippen LogP contribution is 2.11. The lowest BCUT2D eigenvalue weighted by molar-refractivity contribution is -0.148. The smallest absolute Gasteiger partial charge is 0.310 e. The number of nitrogens with one attached hydrogen (secondary N) is 1. The molecule has 1 aromatic rings. The van der Waals surface area contributed by atoms with E-state index in [4.69, 9.17) is 9.47 Å². The third kappa shape index (κ3) is 5.73. The molecule has 1 amide bonds. The Morgan fingerprint density at radius 3 is 2.45 bits per heavy atom. The number of carbonyl (C=O) groups is 2. The first kappa shape index (κ1) is 16.0. The van der Waals surface area contributed by atoms with E-state index in [0.717, 1.165) is 17.7 Å². The summed E-state index contributed by atoms with van der Waals surface area (Å²) in [5.74, 6) is 0.0342. The van der Waals surface area contributed by atoms with E-state index < -0.39 is 5.97 Å². The highest BCUT2D eigenvalue weighted by Gasteiger charge is 2.10. The lowest BCUT2D eigenvalue weighted by Crippen LogP contribution is -2.35. The van der Waals surface area contributed by atoms with Crippen LogP contribution in [0.15, 0.2) is 24.3 Å². The molecule has 0 aliphatic heterocycles. The van der Waals surface area contributed by atoms with Crippen molar-refractivity contribution in [2.45, 2.75) is 32.7 Å². The monoisotopic (exact) mass is 279 g/mol. The third-order valence-electron chi connectivity index (χ3n) is 2.89. The molecular formula is C15H21NO4. The normalized spacial score (nSPS) is 11.6. The van der Waals surface area contributed by atoms with Crippen LogP contribution in [0.3, 0.4) is 0 Å². The number of rotatable bonds is 7. The molecule has 0 aromatic heterocycles. The van der Waals surface area contributed by atoms with E-state index in [2.05, 4.69) is 5.32 Å². The maximum atomic E-state index is 11.6. The van der Waals surface area contributed by atoms with Crippen molar-refractivity contribution < 1.29 is 19.1 Å². The van der Waals surface area contributed by atoms with Gasteiger partial charge in [-0.15, -0.1) is 0 Å². The molecule has 5 nitrogen and oxygen atoms in total. The molecule has 1 atom stereocenters. The van der Waals surface area contributed by atoms with Crippen LogP contribution < -0.4 is 10.1 Å². The van der Waals surface area contributed by atoms with Crippen molar-refractivity contribution >= 4 is 11.9 Å². The van der Waals surface area contributed by atoms with Gasteiger partial charge in [-0.3, -0.25) is 9.59 Å². The summed E-state index contributed by atoms with van der Waals surface area (Å²) in [6.45, 7) is 3.64. The fourth-order valence-electron chi connectivity index (χ4n) is 1.53. The largest absolute Gasteiger partial charge is 0.497 e. The maximum absolute atomic E-state index is 11.6. The second-order valence-electron chi connectivity index (χ2n) is 4.56. The summed E-state index contributed by atoms with van der Waals surface area (Å²) >= 11 is 0. The quantitative estimate of drug-likeness (QED) is 0.771. The average molecular weight is 279 g/mol. The van der Waals surface area contributed by atoms with Crippen molar-refractivity contribution in [1.29, 1.82) is 0 Å². The highest BCUT2D eigenvalue weighted by atomic mass is 16.5. The molecule has 0 bridgehead atoms. The van der Waals surface area contributed by atoms with E-state index in [0.29, 0.717) is 0 Å². The summed E-state index contributed by atoms with van der Waals surface area (Å²) in [6, 6.07) is 7.22. The lowest BCUT2D eigenvalue weighted by Gasteiger charge is -2.11. The standard InChI is InChI=1S/C15H21NO4/c1-4-11(2)16-14(17)10-20-15(18)9-12-5-7-13(19-3)8-6-12/h5-8,11H,4,9-10H2,1-3H3,(H,16,17). The Morgan fingerprint density at radius 2 is 1.90 bits per heavy atom. The Bertz CT molecular complexity index is 442. The lowest BCUT2D eigenvalue weighted by atomic mass is 10.1. The molecule has 0 fully saturated rings. The summed E-state index contributed by atoms with van der Waals surface area (Å²) < 4.78 is 9.96. The van der Waals surface area contributed by atoms with Crippen LogP contribution in [-0.2, 0) is 20.7 Å². The third-order valence-corrected chi connectivity index (χ3v) is 2.89. The zero-order chi connectivity index (χ0) is 15.0. The summed E-state index contributed by atoms with van der Waals surface area (Å²) in [5, 5.41) is 2.73. The summed E-state index contributed by atoms with van der Waals surface area (Å²) in [7, 11) is 1.58. The number of amides is 1. The fraction of sp³-hybridized carbons (Fsp3) is 0.467. The van der Waals surface area contributed by atoms with Gasteiger partial charge in [0.2, 0.25) is 0 Å². The van der Waals surface area contributed by atoms with E-state index in [-0.39, 0.29) is 25.0 Å². The van der Waals surface area contributed by atoms with Crippen molar-refractivity contribution in [1.82, 2.24) is 5.32 Å². The molecule has 0 saturated heterocycles. The maximum Gasteiger partial charge on any atom is 0.310 e. The van der Waals surface area contributed by atoms with Crippen LogP contribution in [-0.4, -0.2) is 31.6 Å². The molecule has 110 valence electrons. The van der Waals surface area contributed by atoms with E-state index in [1.165, 1.54) is 0 Å². The van der Waals surface area contributed by atoms with Crippen molar-refractivity contribution in [3.05, 3.63) is 29.8 Å². The van der Waals surface area contributed by atoms with Crippen molar-refractivity contribution in [2.24, 2.45) is 0 Å². The molecule has 0 aliphatic carbocycles. The van der Waals surface area contributed by atoms with Crippen LogP contribution in [0.5, 0.6) is 5.75 Å². The Hall–Kier alpha value is -2.04. The molecule has 1 aromatic carbocycles. The minimum absolute atomic E-state index is 0.0859. The number of benzene rings is 1. The molecule has 0 saturated carbocycles. The van der Waals surface area contributed by atoms with E-state index >= 15 is 0 Å². The number of hydrogen-bond acceptors (Lipinski definition) is 4. The van der Waals surface area contributed by atoms with Crippen molar-refractivity contribution in [2.75, 3.05) is 13.7 Å². The van der Waals surface area contributed by atoms with Gasteiger partial charge in [-0.2, -0.15) is 0 Å². The van der Waals surface area contributed by atoms with Crippen LogP contribution in [0.4, 0.5) is 0 Å². The van der Waals surface area contributed by atoms with Crippen molar-refractivity contribution in [3.63, 3.8) is 0 Å². The van der Waals surface area contributed by atoms with Crippen molar-refractivity contribution in [3.8, 4) is 5.75 Å². The molecule has 1 rings (SSSR count). The van der Waals surface area contributed by atoms with Gasteiger partial charge in [0.1, 0.15) is 5.75 Å². The molecule has 0 aliphatic rings. The number of ether oxygens (including phenoxy) is 2. The van der Waals surface area contributed by atoms with Gasteiger partial charge in [-0.25, -0.2) is 0 Å². The SMILES string of the molecule is CCC(C)NC(=O)COC(=O)Cc1ccc(OC)cc1. The predicted molar refractivity (Wildman–Crippen MR) is 75.6 cm³/mol. The van der Waals surface area contributed by atoms with Crippen LogP contribution in [0.1, 0.15) is 25.8 Å². The van der Waals surface area contributed by atoms with Crippen LogP contribution in [0.25, 0.3) is 0 Å². The number of carbonyl (C=O) groups excluding carboxylic acids is 2. The Kier molecular flexibility index (Phi) is 6.56. The van der Waals surface area contributed by atoms with Gasteiger partial charge in [0.15, 0.2) is 6.61 Å². The molecule has 1 N–H and O–H groups in total. The fourth-order valence-corrected chi connectivity index (χ4v) is 1.53. The molecular weight excluding hydrogens is 258 g/mol. The topological polar surface area (TPSA) is 64.6 Å². The molecule has 5 heteroatoms. The highest BCUT2D eigenvalue weighted by molar-refractivity contribution is 5.81. The Balaban J connectivity index is 2.34. The second-order valence-corrected chi connectivity index (χ2v) is 4.56. The van der Waals surface area contributed by atoms with Gasteiger partial charge in [-0.1, -0.05) is 19.1 Å². The van der Waals surface area contributed by atoms with E-state index in [9.17, 15) is 9.59 Å². The first-order valence-corrected chi connectivity index (χ1v) is 6.63.